The molecule has 100 valence electrons. The molecule has 0 fully saturated rings. The van der Waals surface area contributed by atoms with Crippen molar-refractivity contribution in [2.45, 2.75) is 12.6 Å². The number of carbonyl (C=O) groups excluding carboxylic acids is 1. The van der Waals surface area contributed by atoms with Crippen LogP contribution in [0.5, 0.6) is 0 Å². The SMILES string of the molecule is O=C(O)C1=NN(c2ccc(C(F)(F)F)cn2)C(=O)C1. The zero-order valence-electron chi connectivity index (χ0n) is 9.18. The van der Waals surface area contributed by atoms with Gasteiger partial charge in [0.05, 0.1) is 12.0 Å². The summed E-state index contributed by atoms with van der Waals surface area (Å²) in [5.41, 5.74) is -1.35. The Morgan fingerprint density at radius 3 is 2.47 bits per heavy atom. The predicted octanol–water partition coefficient (Wildman–Crippen LogP) is 1.28. The zero-order chi connectivity index (χ0) is 14.2. The van der Waals surface area contributed by atoms with Crippen molar-refractivity contribution in [3.63, 3.8) is 0 Å². The number of pyridine rings is 1. The van der Waals surface area contributed by atoms with Gasteiger partial charge in [0, 0.05) is 6.20 Å². The Kier molecular flexibility index (Phi) is 2.97. The lowest BCUT2D eigenvalue weighted by Gasteiger charge is -2.11. The number of aromatic nitrogens is 1. The Bertz CT molecular complexity index is 566. The second kappa shape index (κ2) is 4.34. The topological polar surface area (TPSA) is 82.9 Å². The molecule has 9 heteroatoms. The van der Waals surface area contributed by atoms with Gasteiger partial charge in [0.15, 0.2) is 11.5 Å². The number of hydrogen-bond donors (Lipinski definition) is 1. The highest BCUT2D eigenvalue weighted by molar-refractivity contribution is 6.42. The second-order valence-corrected chi connectivity index (χ2v) is 3.64. The summed E-state index contributed by atoms with van der Waals surface area (Å²) in [5.74, 6) is -2.18. The number of anilines is 1. The van der Waals surface area contributed by atoms with E-state index in [0.717, 1.165) is 12.1 Å². The molecule has 1 amide bonds. The fraction of sp³-hybridized carbons (Fsp3) is 0.200. The maximum atomic E-state index is 12.3. The van der Waals surface area contributed by atoms with E-state index in [0.29, 0.717) is 11.2 Å². The summed E-state index contributed by atoms with van der Waals surface area (Å²) in [6, 6.07) is 1.69. The maximum Gasteiger partial charge on any atom is 0.417 e. The highest BCUT2D eigenvalue weighted by atomic mass is 19.4. The first-order valence-corrected chi connectivity index (χ1v) is 4.96. The molecule has 1 N–H and O–H groups in total. The molecule has 6 nitrogen and oxygen atoms in total. The second-order valence-electron chi connectivity index (χ2n) is 3.64. The smallest absolute Gasteiger partial charge is 0.417 e. The number of aliphatic carboxylic acids is 1. The van der Waals surface area contributed by atoms with E-state index in [2.05, 4.69) is 10.1 Å². The van der Waals surface area contributed by atoms with Crippen molar-refractivity contribution in [1.29, 1.82) is 0 Å². The highest BCUT2D eigenvalue weighted by Crippen LogP contribution is 2.29. The number of hydrogen-bond acceptors (Lipinski definition) is 4. The molecular weight excluding hydrogens is 267 g/mol. The van der Waals surface area contributed by atoms with Crippen LogP contribution in [0.3, 0.4) is 0 Å². The molecule has 0 bridgehead atoms. The van der Waals surface area contributed by atoms with Crippen molar-refractivity contribution in [2.24, 2.45) is 5.10 Å². The Morgan fingerprint density at radius 1 is 1.37 bits per heavy atom. The standard InChI is InChI=1S/C10H6F3N3O3/c11-10(12,13)5-1-2-7(14-4-5)16-8(17)3-6(15-16)9(18)19/h1-2,4H,3H2,(H,18,19). The molecule has 0 spiro atoms. The molecule has 0 saturated heterocycles. The van der Waals surface area contributed by atoms with Gasteiger partial charge in [0.1, 0.15) is 0 Å². The summed E-state index contributed by atoms with van der Waals surface area (Å²) in [6.45, 7) is 0. The lowest BCUT2D eigenvalue weighted by Crippen LogP contribution is -2.21. The van der Waals surface area contributed by atoms with E-state index >= 15 is 0 Å². The van der Waals surface area contributed by atoms with Crippen LogP contribution in [0.2, 0.25) is 0 Å². The molecule has 0 radical (unpaired) electrons. The van der Waals surface area contributed by atoms with Gasteiger partial charge in [-0.05, 0) is 12.1 Å². The summed E-state index contributed by atoms with van der Waals surface area (Å²) in [5, 5.41) is 12.8. The Hall–Kier alpha value is -2.45. The number of rotatable bonds is 2. The monoisotopic (exact) mass is 273 g/mol. The van der Waals surface area contributed by atoms with Crippen LogP contribution in [-0.2, 0) is 15.8 Å². The molecule has 1 aromatic rings. The summed E-state index contributed by atoms with van der Waals surface area (Å²) >= 11 is 0. The molecule has 0 aromatic carbocycles. The number of hydrazone groups is 1. The number of alkyl halides is 3. The van der Waals surface area contributed by atoms with Gasteiger partial charge in [0.25, 0.3) is 5.91 Å². The van der Waals surface area contributed by atoms with E-state index in [1.54, 1.807) is 0 Å². The average molecular weight is 273 g/mol. The van der Waals surface area contributed by atoms with Crippen LogP contribution in [-0.4, -0.2) is 27.7 Å². The quantitative estimate of drug-likeness (QED) is 0.879. The van der Waals surface area contributed by atoms with Gasteiger partial charge in [0.2, 0.25) is 0 Å². The van der Waals surface area contributed by atoms with E-state index in [4.69, 9.17) is 5.11 Å². The van der Waals surface area contributed by atoms with Crippen molar-refractivity contribution in [3.05, 3.63) is 23.9 Å². The lowest BCUT2D eigenvalue weighted by molar-refractivity contribution is -0.137. The molecule has 1 aromatic heterocycles. The lowest BCUT2D eigenvalue weighted by atomic mass is 10.2. The normalized spacial score (nSPS) is 15.6. The van der Waals surface area contributed by atoms with Crippen molar-refractivity contribution >= 4 is 23.4 Å². The fourth-order valence-electron chi connectivity index (χ4n) is 1.41. The van der Waals surface area contributed by atoms with Crippen LogP contribution < -0.4 is 5.01 Å². The number of halogens is 3. The molecular formula is C10H6F3N3O3. The Balaban J connectivity index is 2.28. The van der Waals surface area contributed by atoms with Gasteiger partial charge >= 0.3 is 12.1 Å². The molecule has 0 saturated carbocycles. The van der Waals surface area contributed by atoms with Crippen LogP contribution in [0.25, 0.3) is 0 Å². The first-order valence-electron chi connectivity index (χ1n) is 4.96. The van der Waals surface area contributed by atoms with Crippen LogP contribution in [0.1, 0.15) is 12.0 Å². The summed E-state index contributed by atoms with van der Waals surface area (Å²) in [7, 11) is 0. The third-order valence-corrected chi connectivity index (χ3v) is 2.31. The molecule has 19 heavy (non-hydrogen) atoms. The molecule has 0 atom stereocenters. The Labute approximate surface area is 104 Å². The molecule has 0 aliphatic carbocycles. The van der Waals surface area contributed by atoms with Gasteiger partial charge in [-0.1, -0.05) is 0 Å². The van der Waals surface area contributed by atoms with E-state index < -0.39 is 30.0 Å². The van der Waals surface area contributed by atoms with Crippen LogP contribution >= 0.6 is 0 Å². The summed E-state index contributed by atoms with van der Waals surface area (Å²) in [4.78, 5) is 25.5. The minimum absolute atomic E-state index is 0.158. The number of amides is 1. The van der Waals surface area contributed by atoms with Crippen LogP contribution in [0.4, 0.5) is 19.0 Å². The van der Waals surface area contributed by atoms with E-state index in [-0.39, 0.29) is 11.5 Å². The zero-order valence-corrected chi connectivity index (χ0v) is 9.18. The molecule has 2 heterocycles. The minimum atomic E-state index is -4.53. The predicted molar refractivity (Wildman–Crippen MR) is 56.4 cm³/mol. The van der Waals surface area contributed by atoms with E-state index in [9.17, 15) is 22.8 Å². The van der Waals surface area contributed by atoms with Crippen molar-refractivity contribution in [2.75, 3.05) is 5.01 Å². The number of nitrogens with zero attached hydrogens (tertiary/aromatic N) is 3. The minimum Gasteiger partial charge on any atom is -0.477 e. The first kappa shape index (κ1) is 13.0. The third-order valence-electron chi connectivity index (χ3n) is 2.31. The van der Waals surface area contributed by atoms with Gasteiger partial charge < -0.3 is 5.11 Å². The third kappa shape index (κ3) is 2.54. The fourth-order valence-corrected chi connectivity index (χ4v) is 1.41. The van der Waals surface area contributed by atoms with E-state index in [1.165, 1.54) is 0 Å². The van der Waals surface area contributed by atoms with Crippen molar-refractivity contribution < 1.29 is 27.9 Å². The van der Waals surface area contributed by atoms with Gasteiger partial charge in [-0.3, -0.25) is 4.79 Å². The van der Waals surface area contributed by atoms with Crippen LogP contribution in [0.15, 0.2) is 23.4 Å². The molecule has 2 rings (SSSR count). The summed E-state index contributed by atoms with van der Waals surface area (Å²) in [6.07, 6.45) is -4.40. The molecule has 1 aliphatic rings. The number of carbonyl (C=O) groups is 2. The highest BCUT2D eigenvalue weighted by Gasteiger charge is 2.33. The van der Waals surface area contributed by atoms with Gasteiger partial charge in [-0.15, -0.1) is 0 Å². The Morgan fingerprint density at radius 2 is 2.05 bits per heavy atom. The summed E-state index contributed by atoms with van der Waals surface area (Å²) < 4.78 is 36.9. The largest absolute Gasteiger partial charge is 0.477 e. The molecule has 0 unspecified atom stereocenters. The van der Waals surface area contributed by atoms with Gasteiger partial charge in [-0.2, -0.15) is 23.3 Å². The van der Waals surface area contributed by atoms with Crippen molar-refractivity contribution in [1.82, 2.24) is 4.98 Å². The number of carboxylic acid groups (broad SMARTS) is 1. The van der Waals surface area contributed by atoms with Crippen LogP contribution in [0, 0.1) is 0 Å². The first-order chi connectivity index (χ1) is 8.79. The maximum absolute atomic E-state index is 12.3. The average Bonchev–Trinajstić information content (AvgIpc) is 2.70. The molecule has 1 aliphatic heterocycles. The van der Waals surface area contributed by atoms with E-state index in [1.807, 2.05) is 0 Å². The number of carboxylic acids is 1. The van der Waals surface area contributed by atoms with Gasteiger partial charge in [-0.25, -0.2) is 9.78 Å². The van der Waals surface area contributed by atoms with Crippen molar-refractivity contribution in [3.8, 4) is 0 Å².